The summed E-state index contributed by atoms with van der Waals surface area (Å²) in [6, 6.07) is 5.76. The Balaban J connectivity index is 0.00000264. The first-order valence-electron chi connectivity index (χ1n) is 7.61. The first kappa shape index (κ1) is 20.1. The minimum absolute atomic E-state index is 0. The number of aliphatic imine (C=N–C) groups is 1. The molecule has 0 saturated heterocycles. The van der Waals surface area contributed by atoms with Crippen molar-refractivity contribution in [2.45, 2.75) is 38.9 Å². The molecule has 0 amide bonds. The highest BCUT2D eigenvalue weighted by molar-refractivity contribution is 14.0. The Kier molecular flexibility index (Phi) is 7.63. The molecule has 1 fully saturated rings. The van der Waals surface area contributed by atoms with Gasteiger partial charge in [0, 0.05) is 19.1 Å². The fourth-order valence-electron chi connectivity index (χ4n) is 2.18. The number of hydrogen-bond donors (Lipinski definition) is 2. The normalized spacial score (nSPS) is 20.7. The topological polar surface area (TPSA) is 36.4 Å². The summed E-state index contributed by atoms with van der Waals surface area (Å²) in [5.41, 5.74) is 0.241. The van der Waals surface area contributed by atoms with E-state index in [1.54, 1.807) is 0 Å². The maximum Gasteiger partial charge on any atom is 0.416 e. The van der Waals surface area contributed by atoms with Crippen molar-refractivity contribution in [2.24, 2.45) is 10.9 Å². The summed E-state index contributed by atoms with van der Waals surface area (Å²) in [6.07, 6.45) is -2.50. The Bertz CT molecular complexity index is 514. The lowest BCUT2D eigenvalue weighted by Gasteiger charge is -2.11. The van der Waals surface area contributed by atoms with Crippen molar-refractivity contribution in [1.82, 2.24) is 10.6 Å². The van der Waals surface area contributed by atoms with E-state index in [2.05, 4.69) is 22.5 Å². The van der Waals surface area contributed by atoms with Crippen LogP contribution >= 0.6 is 24.0 Å². The summed E-state index contributed by atoms with van der Waals surface area (Å²) in [5.74, 6) is 1.46. The van der Waals surface area contributed by atoms with Crippen LogP contribution in [0.2, 0.25) is 0 Å². The van der Waals surface area contributed by atoms with E-state index in [1.807, 2.05) is 6.92 Å². The molecular weight excluding hydrogens is 418 g/mol. The SMILES string of the molecule is CCNC(=NCCc1ccc(C(F)(F)F)cc1)NC1CC1C.I. The standard InChI is InChI=1S/C16H22F3N3.HI/c1-3-20-15(22-14-10-11(14)2)21-9-8-12-4-6-13(7-5-12)16(17,18)19;/h4-7,11,14H,3,8-10H2,1-2H3,(H2,20,21,22);1H. The van der Waals surface area contributed by atoms with Gasteiger partial charge in [-0.25, -0.2) is 0 Å². The van der Waals surface area contributed by atoms with Gasteiger partial charge in [-0.15, -0.1) is 24.0 Å². The Labute approximate surface area is 152 Å². The maximum absolute atomic E-state index is 12.5. The number of rotatable bonds is 5. The summed E-state index contributed by atoms with van der Waals surface area (Å²) in [5, 5.41) is 6.53. The van der Waals surface area contributed by atoms with Gasteiger partial charge in [-0.2, -0.15) is 13.2 Å². The van der Waals surface area contributed by atoms with Crippen LogP contribution in [0, 0.1) is 5.92 Å². The van der Waals surface area contributed by atoms with Crippen molar-refractivity contribution in [3.05, 3.63) is 35.4 Å². The third-order valence-corrected chi connectivity index (χ3v) is 3.73. The molecule has 0 heterocycles. The van der Waals surface area contributed by atoms with Gasteiger partial charge in [0.2, 0.25) is 0 Å². The lowest BCUT2D eigenvalue weighted by Crippen LogP contribution is -2.39. The minimum Gasteiger partial charge on any atom is -0.357 e. The Hall–Kier alpha value is -0.990. The number of benzene rings is 1. The monoisotopic (exact) mass is 441 g/mol. The van der Waals surface area contributed by atoms with Gasteiger partial charge >= 0.3 is 6.18 Å². The molecule has 2 unspecified atom stereocenters. The van der Waals surface area contributed by atoms with Gasteiger partial charge < -0.3 is 10.6 Å². The van der Waals surface area contributed by atoms with Gasteiger partial charge in [-0.3, -0.25) is 4.99 Å². The van der Waals surface area contributed by atoms with Gasteiger partial charge in [-0.05, 0) is 43.4 Å². The van der Waals surface area contributed by atoms with Gasteiger partial charge in [0.05, 0.1) is 5.56 Å². The molecule has 1 aromatic rings. The summed E-state index contributed by atoms with van der Waals surface area (Å²) in [6.45, 7) is 5.52. The van der Waals surface area contributed by atoms with Crippen LogP contribution in [0.5, 0.6) is 0 Å². The van der Waals surface area contributed by atoms with E-state index in [1.165, 1.54) is 12.1 Å². The highest BCUT2D eigenvalue weighted by Crippen LogP contribution is 2.29. The molecule has 1 aliphatic rings. The Morgan fingerprint density at radius 2 is 1.87 bits per heavy atom. The molecule has 0 aromatic heterocycles. The van der Waals surface area contributed by atoms with Crippen molar-refractivity contribution in [3.8, 4) is 0 Å². The number of nitrogens with one attached hydrogen (secondary N) is 2. The third kappa shape index (κ3) is 6.56. The average Bonchev–Trinajstić information content (AvgIpc) is 3.14. The molecular formula is C16H23F3IN3. The number of halogens is 4. The second kappa shape index (κ2) is 8.75. The first-order valence-corrected chi connectivity index (χ1v) is 7.61. The Morgan fingerprint density at radius 3 is 2.35 bits per heavy atom. The highest BCUT2D eigenvalue weighted by Gasteiger charge is 2.33. The number of alkyl halides is 3. The van der Waals surface area contributed by atoms with E-state index in [9.17, 15) is 13.2 Å². The number of hydrogen-bond acceptors (Lipinski definition) is 1. The zero-order valence-electron chi connectivity index (χ0n) is 13.3. The van der Waals surface area contributed by atoms with Crippen LogP contribution in [0.15, 0.2) is 29.3 Å². The van der Waals surface area contributed by atoms with E-state index in [-0.39, 0.29) is 24.0 Å². The fourth-order valence-corrected chi connectivity index (χ4v) is 2.18. The summed E-state index contributed by atoms with van der Waals surface area (Å²) < 4.78 is 37.4. The summed E-state index contributed by atoms with van der Waals surface area (Å²) in [4.78, 5) is 4.47. The molecule has 0 bridgehead atoms. The molecule has 2 N–H and O–H groups in total. The predicted octanol–water partition coefficient (Wildman–Crippen LogP) is 3.83. The average molecular weight is 441 g/mol. The largest absolute Gasteiger partial charge is 0.416 e. The van der Waals surface area contributed by atoms with Crippen LogP contribution < -0.4 is 10.6 Å². The zero-order chi connectivity index (χ0) is 16.2. The van der Waals surface area contributed by atoms with E-state index in [0.29, 0.717) is 24.9 Å². The van der Waals surface area contributed by atoms with Gasteiger partial charge in [0.25, 0.3) is 0 Å². The van der Waals surface area contributed by atoms with Crippen LogP contribution in [0.3, 0.4) is 0 Å². The molecule has 2 rings (SSSR count). The third-order valence-electron chi connectivity index (χ3n) is 3.73. The van der Waals surface area contributed by atoms with Crippen LogP contribution in [-0.2, 0) is 12.6 Å². The van der Waals surface area contributed by atoms with Crippen molar-refractivity contribution in [2.75, 3.05) is 13.1 Å². The Morgan fingerprint density at radius 1 is 1.26 bits per heavy atom. The summed E-state index contributed by atoms with van der Waals surface area (Å²) >= 11 is 0. The maximum atomic E-state index is 12.5. The van der Waals surface area contributed by atoms with Crippen molar-refractivity contribution in [3.63, 3.8) is 0 Å². The number of nitrogens with zero attached hydrogens (tertiary/aromatic N) is 1. The van der Waals surface area contributed by atoms with Gasteiger partial charge in [-0.1, -0.05) is 19.1 Å². The molecule has 130 valence electrons. The van der Waals surface area contributed by atoms with Gasteiger partial charge in [0.15, 0.2) is 5.96 Å². The lowest BCUT2D eigenvalue weighted by molar-refractivity contribution is -0.137. The van der Waals surface area contributed by atoms with Gasteiger partial charge in [0.1, 0.15) is 0 Å². The molecule has 3 nitrogen and oxygen atoms in total. The van der Waals surface area contributed by atoms with E-state index in [0.717, 1.165) is 36.6 Å². The minimum atomic E-state index is -4.28. The lowest BCUT2D eigenvalue weighted by atomic mass is 10.1. The molecule has 0 spiro atoms. The first-order chi connectivity index (χ1) is 10.4. The fraction of sp³-hybridized carbons (Fsp3) is 0.562. The second-order valence-corrected chi connectivity index (χ2v) is 5.67. The highest BCUT2D eigenvalue weighted by atomic mass is 127. The molecule has 23 heavy (non-hydrogen) atoms. The molecule has 2 atom stereocenters. The molecule has 0 radical (unpaired) electrons. The quantitative estimate of drug-likeness (QED) is 0.414. The van der Waals surface area contributed by atoms with Crippen LogP contribution in [0.25, 0.3) is 0 Å². The molecule has 7 heteroatoms. The van der Waals surface area contributed by atoms with E-state index >= 15 is 0 Å². The summed E-state index contributed by atoms with van der Waals surface area (Å²) in [7, 11) is 0. The predicted molar refractivity (Wildman–Crippen MR) is 97.2 cm³/mol. The zero-order valence-corrected chi connectivity index (χ0v) is 15.6. The van der Waals surface area contributed by atoms with E-state index < -0.39 is 11.7 Å². The molecule has 1 saturated carbocycles. The van der Waals surface area contributed by atoms with Crippen LogP contribution in [0.4, 0.5) is 13.2 Å². The molecule has 1 aliphatic carbocycles. The molecule has 0 aliphatic heterocycles. The van der Waals surface area contributed by atoms with Crippen molar-refractivity contribution < 1.29 is 13.2 Å². The van der Waals surface area contributed by atoms with Crippen LogP contribution in [-0.4, -0.2) is 25.1 Å². The van der Waals surface area contributed by atoms with E-state index in [4.69, 9.17) is 0 Å². The van der Waals surface area contributed by atoms with Crippen molar-refractivity contribution >= 4 is 29.9 Å². The smallest absolute Gasteiger partial charge is 0.357 e. The number of guanidine groups is 1. The molecule has 1 aromatic carbocycles. The second-order valence-electron chi connectivity index (χ2n) is 5.67. The van der Waals surface area contributed by atoms with Crippen molar-refractivity contribution in [1.29, 1.82) is 0 Å². The van der Waals surface area contributed by atoms with Crippen LogP contribution in [0.1, 0.15) is 31.4 Å².